The molecule has 0 fully saturated rings. The van der Waals surface area contributed by atoms with E-state index in [2.05, 4.69) is 15.2 Å². The fourth-order valence-corrected chi connectivity index (χ4v) is 3.69. The average molecular weight is 451 g/mol. The van der Waals surface area contributed by atoms with Gasteiger partial charge in [-0.3, -0.25) is 9.69 Å². The van der Waals surface area contributed by atoms with Crippen molar-refractivity contribution in [3.05, 3.63) is 47.4 Å². The summed E-state index contributed by atoms with van der Waals surface area (Å²) in [6.07, 6.45) is 0.593. The lowest BCUT2D eigenvalue weighted by Crippen LogP contribution is -2.26. The number of pyridine rings is 2. The molecular weight excluding hydrogens is 424 g/mol. The molecule has 0 saturated carbocycles. The largest absolute Gasteiger partial charge is 0.465 e. The summed E-state index contributed by atoms with van der Waals surface area (Å²) in [6, 6.07) is 7.32. The molecule has 3 aromatic rings. The van der Waals surface area contributed by atoms with Crippen molar-refractivity contribution in [2.24, 2.45) is 0 Å². The number of carbonyl (C=O) groups excluding carboxylic acids is 1. The summed E-state index contributed by atoms with van der Waals surface area (Å²) < 4.78 is 1.92. The highest BCUT2D eigenvalue weighted by atomic mass is 16.4. The van der Waals surface area contributed by atoms with Gasteiger partial charge in [-0.2, -0.15) is 0 Å². The first-order valence-corrected chi connectivity index (χ1v) is 10.5. The maximum absolute atomic E-state index is 13.4. The van der Waals surface area contributed by atoms with Gasteiger partial charge in [0.2, 0.25) is 0 Å². The molecule has 0 aliphatic carbocycles. The Hall–Kier alpha value is -4.02. The van der Waals surface area contributed by atoms with Crippen LogP contribution in [0.2, 0.25) is 0 Å². The number of fused-ring (bicyclic) bond motifs is 1. The third-order valence-corrected chi connectivity index (χ3v) is 5.53. The number of hydrogen-bond acceptors (Lipinski definition) is 7. The Balaban J connectivity index is 1.73. The molecule has 4 heterocycles. The Labute approximate surface area is 191 Å². The van der Waals surface area contributed by atoms with Crippen molar-refractivity contribution in [1.29, 1.82) is 0 Å². The number of hydrogen-bond donors (Lipinski definition) is 1. The summed E-state index contributed by atoms with van der Waals surface area (Å²) in [5.74, 6) is 1.49. The van der Waals surface area contributed by atoms with Crippen molar-refractivity contribution in [1.82, 2.24) is 29.6 Å². The Morgan fingerprint density at radius 1 is 1.21 bits per heavy atom. The van der Waals surface area contributed by atoms with Gasteiger partial charge in [-0.15, -0.1) is 10.2 Å². The molecule has 33 heavy (non-hydrogen) atoms. The van der Waals surface area contributed by atoms with Gasteiger partial charge in [-0.25, -0.2) is 14.8 Å². The zero-order valence-corrected chi connectivity index (χ0v) is 19.2. The van der Waals surface area contributed by atoms with E-state index in [4.69, 9.17) is 4.98 Å². The van der Waals surface area contributed by atoms with Crippen LogP contribution in [-0.2, 0) is 13.1 Å². The lowest BCUT2D eigenvalue weighted by molar-refractivity contribution is 0.0996. The quantitative estimate of drug-likeness (QED) is 0.608. The molecule has 11 heteroatoms. The van der Waals surface area contributed by atoms with Crippen LogP contribution >= 0.6 is 0 Å². The summed E-state index contributed by atoms with van der Waals surface area (Å²) in [5, 5.41) is 17.5. The van der Waals surface area contributed by atoms with Crippen LogP contribution in [0.1, 0.15) is 41.5 Å². The SMILES string of the molecule is CC(C)n1cnnc1-c1cccc(N2Cc3c(cc(N(C)C)nc3CN(C)C(=O)O)C2=O)n1. The van der Waals surface area contributed by atoms with Gasteiger partial charge >= 0.3 is 6.09 Å². The van der Waals surface area contributed by atoms with E-state index in [0.717, 1.165) is 4.90 Å². The van der Waals surface area contributed by atoms with Crippen molar-refractivity contribution >= 4 is 23.6 Å². The Morgan fingerprint density at radius 3 is 2.64 bits per heavy atom. The normalized spacial score (nSPS) is 12.9. The lowest BCUT2D eigenvalue weighted by atomic mass is 10.1. The molecule has 0 aromatic carbocycles. The van der Waals surface area contributed by atoms with Gasteiger partial charge in [0.15, 0.2) is 5.82 Å². The first-order valence-electron chi connectivity index (χ1n) is 10.5. The van der Waals surface area contributed by atoms with Crippen LogP contribution in [0.5, 0.6) is 0 Å². The van der Waals surface area contributed by atoms with Gasteiger partial charge in [0, 0.05) is 32.7 Å². The molecule has 172 valence electrons. The van der Waals surface area contributed by atoms with E-state index in [1.54, 1.807) is 28.3 Å². The predicted octanol–water partition coefficient (Wildman–Crippen LogP) is 2.65. The Morgan fingerprint density at radius 2 is 1.97 bits per heavy atom. The number of carbonyl (C=O) groups is 2. The monoisotopic (exact) mass is 450 g/mol. The summed E-state index contributed by atoms with van der Waals surface area (Å²) >= 11 is 0. The van der Waals surface area contributed by atoms with Crippen LogP contribution in [0, 0.1) is 0 Å². The zero-order valence-electron chi connectivity index (χ0n) is 19.2. The third-order valence-electron chi connectivity index (χ3n) is 5.53. The van der Waals surface area contributed by atoms with Crippen molar-refractivity contribution < 1.29 is 14.7 Å². The molecule has 0 unspecified atom stereocenters. The highest BCUT2D eigenvalue weighted by Crippen LogP contribution is 2.32. The van der Waals surface area contributed by atoms with Crippen LogP contribution in [-0.4, -0.2) is 67.9 Å². The second kappa shape index (κ2) is 8.49. The van der Waals surface area contributed by atoms with Gasteiger partial charge in [-0.05, 0) is 32.0 Å². The average Bonchev–Trinajstić information content (AvgIpc) is 3.39. The smallest absolute Gasteiger partial charge is 0.407 e. The molecule has 0 radical (unpaired) electrons. The highest BCUT2D eigenvalue weighted by molar-refractivity contribution is 6.10. The summed E-state index contributed by atoms with van der Waals surface area (Å²) in [4.78, 5) is 38.6. The molecule has 3 aromatic heterocycles. The molecule has 0 spiro atoms. The van der Waals surface area contributed by atoms with Gasteiger partial charge in [0.05, 0.1) is 24.3 Å². The van der Waals surface area contributed by atoms with Crippen LogP contribution in [0.3, 0.4) is 0 Å². The van der Waals surface area contributed by atoms with Crippen LogP contribution in [0.15, 0.2) is 30.6 Å². The standard InChI is InChI=1S/C22H26N8O3/c1-13(2)30-12-23-26-20(30)16-7-6-8-18(24-16)29-10-15-14(21(29)31)9-19(27(3)4)25-17(15)11-28(5)22(32)33/h6-9,12-13H,10-11H2,1-5H3,(H,32,33). The fraction of sp³-hybridized carbons (Fsp3) is 0.364. The summed E-state index contributed by atoms with van der Waals surface area (Å²) in [7, 11) is 5.13. The van der Waals surface area contributed by atoms with E-state index in [1.807, 2.05) is 44.6 Å². The van der Waals surface area contributed by atoms with Crippen molar-refractivity contribution in [2.45, 2.75) is 33.0 Å². The van der Waals surface area contributed by atoms with E-state index in [-0.39, 0.29) is 25.0 Å². The van der Waals surface area contributed by atoms with E-state index in [9.17, 15) is 14.7 Å². The van der Waals surface area contributed by atoms with Crippen LogP contribution in [0.4, 0.5) is 16.4 Å². The second-order valence-electron chi connectivity index (χ2n) is 8.41. The Bertz CT molecular complexity index is 1220. The van der Waals surface area contributed by atoms with Gasteiger partial charge in [0.25, 0.3) is 5.91 Å². The second-order valence-corrected chi connectivity index (χ2v) is 8.41. The van der Waals surface area contributed by atoms with E-state index < -0.39 is 6.09 Å². The molecule has 2 amide bonds. The zero-order chi connectivity index (χ0) is 23.9. The molecule has 0 atom stereocenters. The molecule has 1 N–H and O–H groups in total. The molecule has 1 aliphatic rings. The number of carboxylic acid groups (broad SMARTS) is 1. The van der Waals surface area contributed by atoms with E-state index >= 15 is 0 Å². The highest BCUT2D eigenvalue weighted by Gasteiger charge is 2.33. The predicted molar refractivity (Wildman–Crippen MR) is 122 cm³/mol. The molecule has 0 saturated heterocycles. The van der Waals surface area contributed by atoms with Gasteiger partial charge < -0.3 is 19.5 Å². The Kier molecular flexibility index (Phi) is 5.71. The topological polar surface area (TPSA) is 121 Å². The summed E-state index contributed by atoms with van der Waals surface area (Å²) in [5.41, 5.74) is 2.37. The van der Waals surface area contributed by atoms with Crippen LogP contribution < -0.4 is 9.80 Å². The van der Waals surface area contributed by atoms with E-state index in [1.165, 1.54) is 7.05 Å². The minimum Gasteiger partial charge on any atom is -0.465 e. The van der Waals surface area contributed by atoms with Crippen molar-refractivity contribution in [3.8, 4) is 11.5 Å². The number of rotatable bonds is 6. The number of nitrogens with zero attached hydrogens (tertiary/aromatic N) is 8. The van der Waals surface area contributed by atoms with Crippen LogP contribution in [0.25, 0.3) is 11.5 Å². The minimum absolute atomic E-state index is 0.0748. The van der Waals surface area contributed by atoms with Crippen molar-refractivity contribution in [3.63, 3.8) is 0 Å². The first-order chi connectivity index (χ1) is 15.7. The molecule has 4 rings (SSSR count). The fourth-order valence-electron chi connectivity index (χ4n) is 3.69. The summed E-state index contributed by atoms with van der Waals surface area (Å²) in [6.45, 7) is 4.39. The van der Waals surface area contributed by atoms with Crippen molar-refractivity contribution in [2.75, 3.05) is 30.9 Å². The molecule has 0 bridgehead atoms. The van der Waals surface area contributed by atoms with Gasteiger partial charge in [0.1, 0.15) is 23.7 Å². The maximum Gasteiger partial charge on any atom is 0.407 e. The molecule has 11 nitrogen and oxygen atoms in total. The van der Waals surface area contributed by atoms with E-state index in [0.29, 0.717) is 40.0 Å². The number of amides is 2. The first kappa shape index (κ1) is 22.2. The van der Waals surface area contributed by atoms with Gasteiger partial charge in [-0.1, -0.05) is 6.07 Å². The molecular formula is C22H26N8O3. The lowest BCUT2D eigenvalue weighted by Gasteiger charge is -2.18. The minimum atomic E-state index is -1.06. The third kappa shape index (κ3) is 4.09. The maximum atomic E-state index is 13.4. The number of anilines is 2. The number of aromatic nitrogens is 5. The molecule has 1 aliphatic heterocycles.